The van der Waals surface area contributed by atoms with Crippen LogP contribution in [0.15, 0.2) is 0 Å². The highest BCUT2D eigenvalue weighted by Crippen LogP contribution is 2.25. The van der Waals surface area contributed by atoms with Gasteiger partial charge in [0.05, 0.1) is 0 Å². The van der Waals surface area contributed by atoms with Crippen LogP contribution in [0, 0.1) is 17.8 Å². The third-order valence-electron chi connectivity index (χ3n) is 4.26. The zero-order chi connectivity index (χ0) is 19.1. The average Bonchev–Trinajstić information content (AvgIpc) is 2.35. The van der Waals surface area contributed by atoms with E-state index < -0.39 is 29.3 Å². The van der Waals surface area contributed by atoms with Crippen molar-refractivity contribution >= 4 is 23.6 Å². The minimum absolute atomic E-state index is 0.0463. The van der Waals surface area contributed by atoms with E-state index in [0.29, 0.717) is 0 Å². The topological polar surface area (TPSA) is 121 Å². The van der Waals surface area contributed by atoms with Gasteiger partial charge in [-0.25, -0.2) is 0 Å². The molecule has 0 spiro atoms. The Morgan fingerprint density at radius 3 is 1.79 bits per heavy atom. The van der Waals surface area contributed by atoms with Crippen molar-refractivity contribution in [2.24, 2.45) is 17.8 Å². The van der Waals surface area contributed by atoms with E-state index in [-0.39, 0.29) is 43.3 Å². The zero-order valence-electron chi connectivity index (χ0n) is 15.1. The Bertz CT molecular complexity index is 483. The molecule has 24 heavy (non-hydrogen) atoms. The van der Waals surface area contributed by atoms with Crippen molar-refractivity contribution in [2.75, 3.05) is 0 Å². The van der Waals surface area contributed by atoms with Gasteiger partial charge in [0, 0.05) is 30.2 Å². The number of carbonyl (C=O) groups excluding carboxylic acids is 2. The van der Waals surface area contributed by atoms with Gasteiger partial charge in [-0.05, 0) is 39.5 Å². The van der Waals surface area contributed by atoms with E-state index in [2.05, 4.69) is 5.32 Å². The third-order valence-corrected chi connectivity index (χ3v) is 4.26. The van der Waals surface area contributed by atoms with Crippen molar-refractivity contribution in [1.82, 2.24) is 5.32 Å². The summed E-state index contributed by atoms with van der Waals surface area (Å²) >= 11 is 0. The number of carboxylic acids is 2. The summed E-state index contributed by atoms with van der Waals surface area (Å²) in [5, 5.41) is 20.5. The molecule has 0 aromatic carbocycles. The number of carbonyl (C=O) groups is 4. The number of carboxylic acid groups (broad SMARTS) is 2. The van der Waals surface area contributed by atoms with E-state index in [9.17, 15) is 19.2 Å². The van der Waals surface area contributed by atoms with Crippen LogP contribution in [0.1, 0.15) is 60.3 Å². The van der Waals surface area contributed by atoms with Gasteiger partial charge in [-0.15, -0.1) is 0 Å². The van der Waals surface area contributed by atoms with Crippen LogP contribution in [0.3, 0.4) is 0 Å². The molecule has 0 unspecified atom stereocenters. The van der Waals surface area contributed by atoms with Crippen molar-refractivity contribution in [1.29, 1.82) is 0 Å². The van der Waals surface area contributed by atoms with Gasteiger partial charge in [-0.3, -0.25) is 19.2 Å². The summed E-state index contributed by atoms with van der Waals surface area (Å²) in [5.41, 5.74) is -0.908. The molecule has 0 radical (unpaired) electrons. The molecule has 0 rings (SSSR count). The Balaban J connectivity index is 5.10. The summed E-state index contributed by atoms with van der Waals surface area (Å²) in [4.78, 5) is 45.9. The van der Waals surface area contributed by atoms with Crippen LogP contribution in [0.25, 0.3) is 0 Å². The number of rotatable bonds is 11. The minimum Gasteiger partial charge on any atom is -0.481 e. The molecule has 138 valence electrons. The fourth-order valence-electron chi connectivity index (χ4n) is 2.88. The Kier molecular flexibility index (Phi) is 8.64. The van der Waals surface area contributed by atoms with Gasteiger partial charge >= 0.3 is 11.9 Å². The lowest BCUT2D eigenvalue weighted by molar-refractivity contribution is -0.138. The summed E-state index contributed by atoms with van der Waals surface area (Å²) in [6.07, 6.45) is 0.0935. The van der Waals surface area contributed by atoms with Crippen molar-refractivity contribution in [3.8, 4) is 0 Å². The Morgan fingerprint density at radius 1 is 0.958 bits per heavy atom. The fourth-order valence-corrected chi connectivity index (χ4v) is 2.88. The molecule has 3 N–H and O–H groups in total. The Hall–Kier alpha value is -1.92. The van der Waals surface area contributed by atoms with E-state index in [0.717, 1.165) is 0 Å². The first-order chi connectivity index (χ1) is 10.9. The molecule has 0 saturated heterocycles. The molecule has 2 atom stereocenters. The molecule has 0 aliphatic carbocycles. The lowest BCUT2D eigenvalue weighted by atomic mass is 9.80. The second kappa shape index (κ2) is 9.39. The number of nitrogens with one attached hydrogen (secondary N) is 1. The summed E-state index contributed by atoms with van der Waals surface area (Å²) in [6.45, 7) is 8.43. The van der Waals surface area contributed by atoms with Crippen LogP contribution >= 0.6 is 0 Å². The van der Waals surface area contributed by atoms with E-state index in [1.165, 1.54) is 6.92 Å². The Morgan fingerprint density at radius 2 is 1.42 bits per heavy atom. The second-order valence-corrected chi connectivity index (χ2v) is 7.09. The van der Waals surface area contributed by atoms with Crippen LogP contribution in [0.5, 0.6) is 0 Å². The number of hydrogen-bond donors (Lipinski definition) is 3. The molecular formula is C17H29NO6. The number of aliphatic carboxylic acids is 2. The third kappa shape index (κ3) is 7.57. The molecule has 0 aromatic rings. The van der Waals surface area contributed by atoms with Gasteiger partial charge in [0.1, 0.15) is 5.78 Å². The summed E-state index contributed by atoms with van der Waals surface area (Å²) < 4.78 is 0. The van der Waals surface area contributed by atoms with E-state index in [1.54, 1.807) is 13.8 Å². The predicted molar refractivity (Wildman–Crippen MR) is 88.5 cm³/mol. The van der Waals surface area contributed by atoms with E-state index in [1.807, 2.05) is 13.8 Å². The summed E-state index contributed by atoms with van der Waals surface area (Å²) in [7, 11) is 0. The van der Waals surface area contributed by atoms with Gasteiger partial charge in [-0.1, -0.05) is 13.8 Å². The molecule has 7 nitrogen and oxygen atoms in total. The molecule has 0 saturated carbocycles. The number of ketones is 1. The maximum absolute atomic E-state index is 12.5. The minimum atomic E-state index is -0.995. The summed E-state index contributed by atoms with van der Waals surface area (Å²) in [5.74, 6) is -3.60. The van der Waals surface area contributed by atoms with Gasteiger partial charge in [-0.2, -0.15) is 0 Å². The van der Waals surface area contributed by atoms with Crippen LogP contribution < -0.4 is 5.32 Å². The van der Waals surface area contributed by atoms with Crippen molar-refractivity contribution in [3.05, 3.63) is 0 Å². The summed E-state index contributed by atoms with van der Waals surface area (Å²) in [6, 6.07) is 0. The molecule has 0 heterocycles. The van der Waals surface area contributed by atoms with Gasteiger partial charge in [0.15, 0.2) is 0 Å². The normalized spacial score (nSPS) is 14.1. The van der Waals surface area contributed by atoms with Crippen LogP contribution in [-0.4, -0.2) is 39.4 Å². The van der Waals surface area contributed by atoms with Crippen LogP contribution in [0.4, 0.5) is 0 Å². The molecule has 0 bridgehead atoms. The van der Waals surface area contributed by atoms with Crippen LogP contribution in [-0.2, 0) is 19.2 Å². The molecule has 7 heteroatoms. The number of Topliss-reactive ketones (excluding diaryl/α,β-unsaturated/α-hetero) is 1. The largest absolute Gasteiger partial charge is 0.481 e. The second-order valence-electron chi connectivity index (χ2n) is 7.09. The van der Waals surface area contributed by atoms with Crippen molar-refractivity contribution in [3.63, 3.8) is 0 Å². The highest BCUT2D eigenvalue weighted by molar-refractivity contribution is 5.84. The lowest BCUT2D eigenvalue weighted by Gasteiger charge is -2.35. The van der Waals surface area contributed by atoms with Gasteiger partial charge in [0.25, 0.3) is 0 Å². The SMILES string of the molecule is CC(=O)[C@H](CCC(=O)O)C(C)(C)NC(=O)[C@H](CCC(=O)O)C(C)C. The number of amides is 1. The van der Waals surface area contributed by atoms with E-state index in [4.69, 9.17) is 10.2 Å². The van der Waals surface area contributed by atoms with Gasteiger partial charge in [0.2, 0.25) is 5.91 Å². The first-order valence-corrected chi connectivity index (χ1v) is 8.14. The average molecular weight is 343 g/mol. The maximum Gasteiger partial charge on any atom is 0.303 e. The zero-order valence-corrected chi connectivity index (χ0v) is 15.1. The fraction of sp³-hybridized carbons (Fsp3) is 0.765. The molecule has 0 aliphatic heterocycles. The Labute approximate surface area is 142 Å². The molecule has 0 aliphatic rings. The number of hydrogen-bond acceptors (Lipinski definition) is 4. The first kappa shape index (κ1) is 22.1. The molecule has 0 aromatic heterocycles. The molecule has 0 fully saturated rings. The highest BCUT2D eigenvalue weighted by Gasteiger charge is 2.36. The predicted octanol–water partition coefficient (Wildman–Crippen LogP) is 2.09. The highest BCUT2D eigenvalue weighted by atomic mass is 16.4. The lowest BCUT2D eigenvalue weighted by Crippen LogP contribution is -2.53. The van der Waals surface area contributed by atoms with E-state index >= 15 is 0 Å². The quantitative estimate of drug-likeness (QED) is 0.528. The standard InChI is InChI=1S/C17H29NO6/c1-10(2)12(6-8-14(20)21)16(24)18-17(4,5)13(11(3)19)7-9-15(22)23/h10,12-13H,6-9H2,1-5H3,(H,18,24)(H,20,21)(H,22,23)/t12-,13+/m1/s1. The van der Waals surface area contributed by atoms with Crippen molar-refractivity contribution in [2.45, 2.75) is 65.8 Å². The maximum atomic E-state index is 12.5. The monoisotopic (exact) mass is 343 g/mol. The molecule has 1 amide bonds. The van der Waals surface area contributed by atoms with Gasteiger partial charge < -0.3 is 15.5 Å². The van der Waals surface area contributed by atoms with Crippen LogP contribution in [0.2, 0.25) is 0 Å². The van der Waals surface area contributed by atoms with Crippen molar-refractivity contribution < 1.29 is 29.4 Å². The molecular weight excluding hydrogens is 314 g/mol. The first-order valence-electron chi connectivity index (χ1n) is 8.14. The smallest absolute Gasteiger partial charge is 0.303 e.